The van der Waals surface area contributed by atoms with E-state index in [0.29, 0.717) is 5.57 Å². The van der Waals surface area contributed by atoms with Crippen molar-refractivity contribution in [2.45, 2.75) is 77.0 Å². The molecule has 1 aliphatic carbocycles. The Morgan fingerprint density at radius 3 is 2.62 bits per heavy atom. The van der Waals surface area contributed by atoms with Crippen LogP contribution in [0.4, 0.5) is 0 Å². The number of amides is 1. The molecule has 0 heterocycles. The zero-order valence-corrected chi connectivity index (χ0v) is 16.5. The molecule has 0 bridgehead atoms. The zero-order valence-electron chi connectivity index (χ0n) is 16.5. The molecular weight excluding hydrogens is 324 g/mol. The highest BCUT2D eigenvalue weighted by molar-refractivity contribution is 6.18. The fourth-order valence-electron chi connectivity index (χ4n) is 3.61. The van der Waals surface area contributed by atoms with Gasteiger partial charge in [0.15, 0.2) is 0 Å². The van der Waals surface area contributed by atoms with Crippen LogP contribution in [0.15, 0.2) is 30.8 Å². The third-order valence-electron chi connectivity index (χ3n) is 5.42. The van der Waals surface area contributed by atoms with Gasteiger partial charge in [-0.2, -0.15) is 0 Å². The summed E-state index contributed by atoms with van der Waals surface area (Å²) in [6.07, 6.45) is 7.22. The van der Waals surface area contributed by atoms with Crippen molar-refractivity contribution in [3.8, 4) is 5.75 Å². The van der Waals surface area contributed by atoms with E-state index in [0.717, 1.165) is 56.3 Å². The first-order chi connectivity index (χ1) is 12.5. The lowest BCUT2D eigenvalue weighted by Gasteiger charge is -2.34. The van der Waals surface area contributed by atoms with Crippen molar-refractivity contribution in [3.63, 3.8) is 0 Å². The highest BCUT2D eigenvalue weighted by atomic mass is 16.5. The number of hydrogen-bond acceptors (Lipinski definition) is 3. The molecule has 1 fully saturated rings. The van der Waals surface area contributed by atoms with Gasteiger partial charge < -0.3 is 15.4 Å². The summed E-state index contributed by atoms with van der Waals surface area (Å²) in [6.45, 7) is 8.36. The van der Waals surface area contributed by atoms with Gasteiger partial charge in [0.05, 0.1) is 6.10 Å². The van der Waals surface area contributed by atoms with Gasteiger partial charge in [0.25, 0.3) is 5.91 Å². The fourth-order valence-corrected chi connectivity index (χ4v) is 3.61. The van der Waals surface area contributed by atoms with E-state index in [4.69, 9.17) is 10.5 Å². The van der Waals surface area contributed by atoms with Crippen molar-refractivity contribution in [2.75, 3.05) is 7.05 Å². The van der Waals surface area contributed by atoms with Crippen molar-refractivity contribution in [1.82, 2.24) is 4.90 Å². The minimum absolute atomic E-state index is 0.0109. The lowest BCUT2D eigenvalue weighted by molar-refractivity contribution is -0.126. The van der Waals surface area contributed by atoms with Gasteiger partial charge in [-0.3, -0.25) is 4.79 Å². The molecule has 1 aromatic rings. The van der Waals surface area contributed by atoms with Gasteiger partial charge in [0.2, 0.25) is 0 Å². The second kappa shape index (κ2) is 9.77. The Bertz CT molecular complexity index is 606. The van der Waals surface area contributed by atoms with Gasteiger partial charge in [-0.05, 0) is 56.2 Å². The standard InChI is InChI=1S/C22H34N2O2/c1-5-8-20(6-2)26-21-10-7-9-17(15-21)16(3)22(25)24(4)19-13-11-18(23)12-14-19/h7,9-10,15,18-20H,3,5-6,8,11-14,23H2,1-2,4H3/t18-,19+,20?. The van der Waals surface area contributed by atoms with E-state index in [1.807, 2.05) is 36.2 Å². The van der Waals surface area contributed by atoms with Crippen LogP contribution in [0.5, 0.6) is 5.75 Å². The van der Waals surface area contributed by atoms with Gasteiger partial charge in [-0.1, -0.05) is 39.0 Å². The van der Waals surface area contributed by atoms with Crippen LogP contribution in [-0.2, 0) is 4.79 Å². The molecule has 4 heteroatoms. The molecule has 1 saturated carbocycles. The topological polar surface area (TPSA) is 55.6 Å². The first-order valence-corrected chi connectivity index (χ1v) is 9.94. The maximum atomic E-state index is 12.9. The number of nitrogens with two attached hydrogens (primary N) is 1. The molecule has 0 saturated heterocycles. The molecule has 2 rings (SSSR count). The lowest BCUT2D eigenvalue weighted by Crippen LogP contribution is -2.42. The Morgan fingerprint density at radius 1 is 1.31 bits per heavy atom. The van der Waals surface area contributed by atoms with Gasteiger partial charge in [0.1, 0.15) is 5.75 Å². The Kier molecular flexibility index (Phi) is 7.70. The quantitative estimate of drug-likeness (QED) is 0.701. The zero-order chi connectivity index (χ0) is 19.1. The molecule has 1 atom stereocenters. The maximum Gasteiger partial charge on any atom is 0.253 e. The number of carbonyl (C=O) groups is 1. The van der Waals surface area contributed by atoms with E-state index in [-0.39, 0.29) is 24.1 Å². The monoisotopic (exact) mass is 358 g/mol. The molecule has 1 aromatic carbocycles. The molecule has 0 radical (unpaired) electrons. The molecule has 4 nitrogen and oxygen atoms in total. The van der Waals surface area contributed by atoms with E-state index >= 15 is 0 Å². The molecule has 1 aliphatic rings. The van der Waals surface area contributed by atoms with Gasteiger partial charge in [-0.15, -0.1) is 0 Å². The second-order valence-corrected chi connectivity index (χ2v) is 7.43. The lowest BCUT2D eigenvalue weighted by atomic mass is 9.90. The number of likely N-dealkylation sites (N-methyl/N-ethyl adjacent to an activating group) is 1. The van der Waals surface area contributed by atoms with E-state index in [2.05, 4.69) is 20.4 Å². The number of ether oxygens (including phenoxy) is 1. The third kappa shape index (κ3) is 5.34. The highest BCUT2D eigenvalue weighted by Gasteiger charge is 2.26. The Balaban J connectivity index is 2.04. The number of rotatable bonds is 8. The minimum Gasteiger partial charge on any atom is -0.490 e. The number of hydrogen-bond donors (Lipinski definition) is 1. The maximum absolute atomic E-state index is 12.9. The Hall–Kier alpha value is -1.81. The molecule has 144 valence electrons. The summed E-state index contributed by atoms with van der Waals surface area (Å²) in [5, 5.41) is 0. The van der Waals surface area contributed by atoms with Crippen molar-refractivity contribution in [3.05, 3.63) is 36.4 Å². The average molecular weight is 359 g/mol. The van der Waals surface area contributed by atoms with Crippen molar-refractivity contribution in [1.29, 1.82) is 0 Å². The van der Waals surface area contributed by atoms with Crippen molar-refractivity contribution < 1.29 is 9.53 Å². The third-order valence-corrected chi connectivity index (χ3v) is 5.42. The molecule has 0 aromatic heterocycles. The molecular formula is C22H34N2O2. The predicted octanol–water partition coefficient (Wildman–Crippen LogP) is 4.39. The molecule has 2 N–H and O–H groups in total. The number of nitrogens with zero attached hydrogens (tertiary/aromatic N) is 1. The second-order valence-electron chi connectivity index (χ2n) is 7.43. The van der Waals surface area contributed by atoms with Crippen LogP contribution in [0.3, 0.4) is 0 Å². The van der Waals surface area contributed by atoms with Gasteiger partial charge >= 0.3 is 0 Å². The van der Waals surface area contributed by atoms with E-state index in [1.165, 1.54) is 0 Å². The van der Waals surface area contributed by atoms with E-state index in [9.17, 15) is 4.79 Å². The summed E-state index contributed by atoms with van der Waals surface area (Å²) in [4.78, 5) is 14.7. The minimum atomic E-state index is -0.0109. The molecule has 1 unspecified atom stereocenters. The summed E-state index contributed by atoms with van der Waals surface area (Å²) in [7, 11) is 1.88. The highest BCUT2D eigenvalue weighted by Crippen LogP contribution is 2.26. The van der Waals surface area contributed by atoms with Crippen LogP contribution in [0, 0.1) is 0 Å². The largest absolute Gasteiger partial charge is 0.490 e. The summed E-state index contributed by atoms with van der Waals surface area (Å²) in [5.41, 5.74) is 7.33. The summed E-state index contributed by atoms with van der Waals surface area (Å²) in [5.74, 6) is 0.797. The molecule has 0 spiro atoms. The first kappa shape index (κ1) is 20.5. The fraction of sp³-hybridized carbons (Fsp3) is 0.591. The van der Waals surface area contributed by atoms with Crippen LogP contribution < -0.4 is 10.5 Å². The summed E-state index contributed by atoms with van der Waals surface area (Å²) >= 11 is 0. The average Bonchev–Trinajstić information content (AvgIpc) is 2.66. The SMILES string of the molecule is C=C(C(=O)N(C)[C@H]1CC[C@@H](N)CC1)c1cccc(OC(CC)CCC)c1. The number of benzene rings is 1. The van der Waals surface area contributed by atoms with E-state index < -0.39 is 0 Å². The molecule has 26 heavy (non-hydrogen) atoms. The summed E-state index contributed by atoms with van der Waals surface area (Å²) < 4.78 is 6.08. The van der Waals surface area contributed by atoms with Crippen molar-refractivity contribution >= 4 is 11.5 Å². The molecule has 1 amide bonds. The van der Waals surface area contributed by atoms with Crippen LogP contribution in [0.2, 0.25) is 0 Å². The first-order valence-electron chi connectivity index (χ1n) is 9.94. The smallest absolute Gasteiger partial charge is 0.253 e. The Labute approximate surface area is 158 Å². The van der Waals surface area contributed by atoms with Gasteiger partial charge in [0, 0.05) is 24.7 Å². The van der Waals surface area contributed by atoms with Crippen LogP contribution in [0.25, 0.3) is 5.57 Å². The van der Waals surface area contributed by atoms with E-state index in [1.54, 1.807) is 0 Å². The summed E-state index contributed by atoms with van der Waals surface area (Å²) in [6, 6.07) is 8.28. The van der Waals surface area contributed by atoms with Crippen LogP contribution >= 0.6 is 0 Å². The van der Waals surface area contributed by atoms with Crippen LogP contribution in [0.1, 0.15) is 64.4 Å². The van der Waals surface area contributed by atoms with Crippen LogP contribution in [-0.4, -0.2) is 36.0 Å². The normalized spacial score (nSPS) is 21.1. The molecule has 0 aliphatic heterocycles. The Morgan fingerprint density at radius 2 is 2.00 bits per heavy atom. The van der Waals surface area contributed by atoms with Crippen molar-refractivity contribution in [2.24, 2.45) is 5.73 Å². The number of carbonyl (C=O) groups excluding carboxylic acids is 1. The predicted molar refractivity (Wildman–Crippen MR) is 108 cm³/mol. The van der Waals surface area contributed by atoms with Gasteiger partial charge in [-0.25, -0.2) is 0 Å².